The van der Waals surface area contributed by atoms with Gasteiger partial charge in [-0.3, -0.25) is 19.5 Å². The number of nitrogens with zero attached hydrogens (tertiary/aromatic N) is 3. The lowest BCUT2D eigenvalue weighted by Gasteiger charge is -2.32. The van der Waals surface area contributed by atoms with Gasteiger partial charge in [0.25, 0.3) is 0 Å². The number of hydrogen-bond donors (Lipinski definition) is 1. The van der Waals surface area contributed by atoms with E-state index < -0.39 is 64.2 Å². The zero-order valence-electron chi connectivity index (χ0n) is 24.4. The molecular formula is C31H30F7N3O3. The Hall–Kier alpha value is -4.00. The summed E-state index contributed by atoms with van der Waals surface area (Å²) in [6, 6.07) is 5.53. The number of likely N-dealkylation sites (tertiary alicyclic amines) is 1. The van der Waals surface area contributed by atoms with Gasteiger partial charge in [-0.1, -0.05) is 6.07 Å². The number of carboxylic acids is 1. The Labute approximate surface area is 249 Å². The number of hydrogen-bond acceptors (Lipinski definition) is 4. The van der Waals surface area contributed by atoms with E-state index in [1.807, 2.05) is 0 Å². The average molecular weight is 626 g/mol. The van der Waals surface area contributed by atoms with E-state index in [0.29, 0.717) is 47.4 Å². The molecule has 0 radical (unpaired) electrons. The summed E-state index contributed by atoms with van der Waals surface area (Å²) in [7, 11) is 2.97. The van der Waals surface area contributed by atoms with Gasteiger partial charge in [0.2, 0.25) is 5.91 Å². The van der Waals surface area contributed by atoms with Crippen molar-refractivity contribution in [3.63, 3.8) is 0 Å². The number of rotatable bonds is 6. The number of aryl methyl sites for hydroxylation is 1. The molecule has 1 aliphatic heterocycles. The van der Waals surface area contributed by atoms with Gasteiger partial charge in [-0.15, -0.1) is 0 Å². The second-order valence-corrected chi connectivity index (χ2v) is 11.5. The van der Waals surface area contributed by atoms with Crippen molar-refractivity contribution < 1.29 is 45.4 Å². The second-order valence-electron chi connectivity index (χ2n) is 11.5. The molecule has 1 fully saturated rings. The number of likely N-dealkylation sites (N-methyl/N-ethyl adjacent to an activating group) is 2. The molecule has 0 spiro atoms. The Kier molecular flexibility index (Phi) is 8.59. The molecule has 0 saturated carbocycles. The fraction of sp³-hybridized carbons (Fsp3) is 0.387. The molecular weight excluding hydrogens is 595 g/mol. The van der Waals surface area contributed by atoms with Gasteiger partial charge < -0.3 is 10.0 Å². The standard InChI is InChI=1S/C31H30F7N3O3/c1-16-10-20(32)6-7-21(16)22-14-23(24-8-9-25(27(42)43)40(24)4)39-15-26(22)41(5)28(44)29(2,3)17-11-18(30(33,34)35)13-19(12-17)31(36,37)38/h6-7,10-15,24-25H,8-9H2,1-5H3,(H,42,43)/t24-,25-/m1/s1. The second kappa shape index (κ2) is 11.5. The molecule has 3 aromatic rings. The van der Waals surface area contributed by atoms with Crippen molar-refractivity contribution in [3.8, 4) is 11.1 Å². The summed E-state index contributed by atoms with van der Waals surface area (Å²) in [5, 5.41) is 9.55. The van der Waals surface area contributed by atoms with Gasteiger partial charge in [0.1, 0.15) is 11.9 Å². The maximum Gasteiger partial charge on any atom is 0.416 e. The Balaban J connectivity index is 1.83. The van der Waals surface area contributed by atoms with Crippen LogP contribution in [0.5, 0.6) is 0 Å². The Morgan fingerprint density at radius 3 is 1.98 bits per heavy atom. The smallest absolute Gasteiger partial charge is 0.416 e. The van der Waals surface area contributed by atoms with E-state index in [0.717, 1.165) is 4.90 Å². The number of aliphatic carboxylic acids is 1. The lowest BCUT2D eigenvalue weighted by atomic mass is 9.81. The third-order valence-corrected chi connectivity index (χ3v) is 8.22. The first-order valence-corrected chi connectivity index (χ1v) is 13.5. The molecule has 1 aliphatic rings. The Bertz CT molecular complexity index is 1570. The summed E-state index contributed by atoms with van der Waals surface area (Å²) < 4.78 is 95.5. The van der Waals surface area contributed by atoms with Crippen LogP contribution < -0.4 is 4.90 Å². The number of amides is 1. The highest BCUT2D eigenvalue weighted by molar-refractivity contribution is 6.03. The van der Waals surface area contributed by atoms with E-state index in [9.17, 15) is 45.4 Å². The van der Waals surface area contributed by atoms with Crippen molar-refractivity contribution in [2.75, 3.05) is 19.0 Å². The molecule has 13 heteroatoms. The molecule has 1 N–H and O–H groups in total. The average Bonchev–Trinajstić information content (AvgIpc) is 3.32. The van der Waals surface area contributed by atoms with E-state index >= 15 is 0 Å². The van der Waals surface area contributed by atoms with Crippen LogP contribution in [0.4, 0.5) is 36.4 Å². The maximum absolute atomic E-state index is 14.0. The summed E-state index contributed by atoms with van der Waals surface area (Å²) in [6.45, 7) is 4.09. The maximum atomic E-state index is 14.0. The van der Waals surface area contributed by atoms with Crippen molar-refractivity contribution in [1.82, 2.24) is 9.88 Å². The number of anilines is 1. The molecule has 2 aromatic carbocycles. The largest absolute Gasteiger partial charge is 0.480 e. The third kappa shape index (κ3) is 6.28. The molecule has 1 amide bonds. The fourth-order valence-electron chi connectivity index (χ4n) is 5.62. The van der Waals surface area contributed by atoms with Gasteiger partial charge >= 0.3 is 18.3 Å². The summed E-state index contributed by atoms with van der Waals surface area (Å²) in [5.41, 5.74) is -3.43. The third-order valence-electron chi connectivity index (χ3n) is 8.22. The molecule has 236 valence electrons. The number of aromatic nitrogens is 1. The normalized spacial score (nSPS) is 18.0. The number of carboxylic acid groups (broad SMARTS) is 1. The Morgan fingerprint density at radius 1 is 0.909 bits per heavy atom. The van der Waals surface area contributed by atoms with Crippen molar-refractivity contribution in [1.29, 1.82) is 0 Å². The zero-order valence-corrected chi connectivity index (χ0v) is 24.4. The minimum Gasteiger partial charge on any atom is -0.480 e. The molecule has 2 atom stereocenters. The summed E-state index contributed by atoms with van der Waals surface area (Å²) in [5.74, 6) is -2.33. The molecule has 2 heterocycles. The molecule has 6 nitrogen and oxygen atoms in total. The van der Waals surface area contributed by atoms with Crippen LogP contribution in [0.2, 0.25) is 0 Å². The zero-order chi connectivity index (χ0) is 32.9. The Morgan fingerprint density at radius 2 is 1.48 bits per heavy atom. The minimum atomic E-state index is -5.10. The molecule has 1 aromatic heterocycles. The van der Waals surface area contributed by atoms with Crippen LogP contribution >= 0.6 is 0 Å². The minimum absolute atomic E-state index is 0.000778. The van der Waals surface area contributed by atoms with Crippen molar-refractivity contribution in [2.45, 2.75) is 63.5 Å². The van der Waals surface area contributed by atoms with E-state index in [2.05, 4.69) is 4.98 Å². The lowest BCUT2D eigenvalue weighted by molar-refractivity contribution is -0.144. The number of alkyl halides is 6. The number of benzene rings is 2. The highest BCUT2D eigenvalue weighted by Gasteiger charge is 2.42. The van der Waals surface area contributed by atoms with E-state index in [4.69, 9.17) is 0 Å². The van der Waals surface area contributed by atoms with Gasteiger partial charge in [0.05, 0.1) is 40.2 Å². The van der Waals surface area contributed by atoms with Crippen LogP contribution in [-0.4, -0.2) is 47.0 Å². The predicted octanol–water partition coefficient (Wildman–Crippen LogP) is 7.39. The number of carbonyl (C=O) groups is 2. The van der Waals surface area contributed by atoms with E-state index in [-0.39, 0.29) is 11.8 Å². The van der Waals surface area contributed by atoms with Crippen molar-refractivity contribution in [2.24, 2.45) is 0 Å². The summed E-state index contributed by atoms with van der Waals surface area (Å²) in [6.07, 6.45) is -8.01. The molecule has 0 bridgehead atoms. The quantitative estimate of drug-likeness (QED) is 0.289. The summed E-state index contributed by atoms with van der Waals surface area (Å²) >= 11 is 0. The summed E-state index contributed by atoms with van der Waals surface area (Å²) in [4.78, 5) is 32.8. The van der Waals surface area contributed by atoms with E-state index in [1.54, 1.807) is 24.9 Å². The van der Waals surface area contributed by atoms with Gasteiger partial charge in [-0.25, -0.2) is 4.39 Å². The lowest BCUT2D eigenvalue weighted by Crippen LogP contribution is -2.42. The molecule has 4 rings (SSSR count). The highest BCUT2D eigenvalue weighted by Crippen LogP contribution is 2.42. The first kappa shape index (κ1) is 32.9. The molecule has 0 unspecified atom stereocenters. The van der Waals surface area contributed by atoms with Gasteiger partial charge in [0, 0.05) is 12.6 Å². The number of pyridine rings is 1. The molecule has 0 aliphatic carbocycles. The van der Waals surface area contributed by atoms with Crippen LogP contribution in [0.3, 0.4) is 0 Å². The predicted molar refractivity (Wildman–Crippen MR) is 148 cm³/mol. The van der Waals surface area contributed by atoms with Crippen LogP contribution in [0, 0.1) is 12.7 Å². The van der Waals surface area contributed by atoms with Crippen molar-refractivity contribution >= 4 is 17.6 Å². The topological polar surface area (TPSA) is 73.7 Å². The van der Waals surface area contributed by atoms with Gasteiger partial charge in [-0.2, -0.15) is 26.3 Å². The molecule has 1 saturated heterocycles. The van der Waals surface area contributed by atoms with Crippen LogP contribution in [0.1, 0.15) is 60.7 Å². The first-order chi connectivity index (χ1) is 20.2. The van der Waals surface area contributed by atoms with E-state index in [1.165, 1.54) is 45.3 Å². The SMILES string of the molecule is Cc1cc(F)ccc1-c1cc([C@H]2CC[C@H](C(=O)O)N2C)ncc1N(C)C(=O)C(C)(C)c1cc(C(F)(F)F)cc(C(F)(F)F)c1. The van der Waals surface area contributed by atoms with Crippen molar-refractivity contribution in [3.05, 3.63) is 82.4 Å². The van der Waals surface area contributed by atoms with Gasteiger partial charge in [-0.05, 0) is 93.7 Å². The number of carbonyl (C=O) groups excluding carboxylic acids is 1. The van der Waals surface area contributed by atoms with Crippen LogP contribution in [-0.2, 0) is 27.4 Å². The fourth-order valence-corrected chi connectivity index (χ4v) is 5.62. The van der Waals surface area contributed by atoms with Crippen LogP contribution in [0.25, 0.3) is 11.1 Å². The highest BCUT2D eigenvalue weighted by atomic mass is 19.4. The first-order valence-electron chi connectivity index (χ1n) is 13.5. The molecule has 44 heavy (non-hydrogen) atoms. The van der Waals surface area contributed by atoms with Gasteiger partial charge in [0.15, 0.2) is 0 Å². The number of halogens is 7. The monoisotopic (exact) mass is 625 g/mol. The van der Waals surface area contributed by atoms with Crippen LogP contribution in [0.15, 0.2) is 48.7 Å².